The van der Waals surface area contributed by atoms with Crippen LogP contribution in [0.15, 0.2) is 46.1 Å². The molecule has 2 heterocycles. The zero-order valence-electron chi connectivity index (χ0n) is 14.1. The molecule has 0 atom stereocenters. The van der Waals surface area contributed by atoms with Gasteiger partial charge in [0.05, 0.1) is 16.6 Å². The van der Waals surface area contributed by atoms with Crippen molar-refractivity contribution in [3.8, 4) is 5.75 Å². The number of imidazole rings is 1. The predicted octanol–water partition coefficient (Wildman–Crippen LogP) is 4.84. The molecule has 24 heavy (non-hydrogen) atoms. The Balaban J connectivity index is 1.99. The first kappa shape index (κ1) is 15.4. The maximum Gasteiger partial charge on any atom is 0.196 e. The second kappa shape index (κ2) is 5.18. The highest BCUT2D eigenvalue weighted by Crippen LogP contribution is 2.34. The van der Waals surface area contributed by atoms with Crippen molar-refractivity contribution in [3.63, 3.8) is 0 Å². The topological polar surface area (TPSA) is 39.4 Å². The van der Waals surface area contributed by atoms with Gasteiger partial charge < -0.3 is 4.74 Å². The molecular formula is C19H18BrN3O. The molecule has 0 N–H and O–H groups in total. The molecule has 0 saturated carbocycles. The third-order valence-corrected chi connectivity index (χ3v) is 4.88. The Labute approximate surface area is 149 Å². The average molecular weight is 384 g/mol. The van der Waals surface area contributed by atoms with Gasteiger partial charge in [-0.1, -0.05) is 22.0 Å². The van der Waals surface area contributed by atoms with Crippen LogP contribution in [-0.4, -0.2) is 21.1 Å². The fourth-order valence-electron chi connectivity index (χ4n) is 3.05. The van der Waals surface area contributed by atoms with E-state index in [0.29, 0.717) is 0 Å². The molecule has 0 aliphatic carbocycles. The van der Waals surface area contributed by atoms with Gasteiger partial charge in [0.2, 0.25) is 0 Å². The monoisotopic (exact) mass is 383 g/mol. The second-order valence-electron chi connectivity index (χ2n) is 6.61. The van der Waals surface area contributed by atoms with Crippen LogP contribution in [0.5, 0.6) is 5.75 Å². The summed E-state index contributed by atoms with van der Waals surface area (Å²) >= 11 is 3.51. The minimum Gasteiger partial charge on any atom is -0.466 e. The summed E-state index contributed by atoms with van der Waals surface area (Å²) in [7, 11) is 0. The number of benzene rings is 2. The van der Waals surface area contributed by atoms with Gasteiger partial charge in [-0.05, 0) is 63.1 Å². The number of aliphatic imine (C=N–C) groups is 1. The molecule has 1 aliphatic rings. The molecule has 0 bridgehead atoms. The minimum absolute atomic E-state index is 0.626. The molecule has 2 aromatic carbocycles. The number of ether oxygens (including phenoxy) is 1. The highest BCUT2D eigenvalue weighted by atomic mass is 79.9. The second-order valence-corrected chi connectivity index (χ2v) is 7.53. The molecule has 0 saturated heterocycles. The molecule has 3 aromatic rings. The van der Waals surface area contributed by atoms with E-state index in [0.717, 1.165) is 32.7 Å². The molecule has 0 fully saturated rings. The van der Waals surface area contributed by atoms with Gasteiger partial charge in [0, 0.05) is 4.47 Å². The van der Waals surface area contributed by atoms with Crippen LogP contribution in [0, 0.1) is 13.8 Å². The summed E-state index contributed by atoms with van der Waals surface area (Å²) in [4.78, 5) is 9.46. The Kier molecular flexibility index (Phi) is 3.32. The van der Waals surface area contributed by atoms with Crippen molar-refractivity contribution in [2.75, 3.05) is 0 Å². The summed E-state index contributed by atoms with van der Waals surface area (Å²) in [6.45, 7) is 8.14. The molecule has 0 unspecified atom stereocenters. The zero-order chi connectivity index (χ0) is 17.1. The molecule has 4 nitrogen and oxygen atoms in total. The highest BCUT2D eigenvalue weighted by molar-refractivity contribution is 9.10. The van der Waals surface area contributed by atoms with E-state index in [1.54, 1.807) is 0 Å². The van der Waals surface area contributed by atoms with E-state index in [9.17, 15) is 0 Å². The normalized spacial score (nSPS) is 15.8. The van der Waals surface area contributed by atoms with Gasteiger partial charge in [-0.25, -0.2) is 9.98 Å². The summed E-state index contributed by atoms with van der Waals surface area (Å²) in [6, 6.07) is 10.3. The van der Waals surface area contributed by atoms with E-state index in [1.807, 2.05) is 38.4 Å². The van der Waals surface area contributed by atoms with E-state index in [4.69, 9.17) is 9.73 Å². The van der Waals surface area contributed by atoms with Gasteiger partial charge in [0.15, 0.2) is 5.72 Å². The van der Waals surface area contributed by atoms with Crippen LogP contribution in [0.2, 0.25) is 0 Å². The minimum atomic E-state index is -0.626. The fraction of sp³-hybridized carbons (Fsp3) is 0.263. The summed E-state index contributed by atoms with van der Waals surface area (Å²) in [5.74, 6) is 1.68. The van der Waals surface area contributed by atoms with Crippen molar-refractivity contribution in [2.24, 2.45) is 4.99 Å². The van der Waals surface area contributed by atoms with Crippen LogP contribution in [0.3, 0.4) is 0 Å². The lowest BCUT2D eigenvalue weighted by Gasteiger charge is -2.30. The van der Waals surface area contributed by atoms with Gasteiger partial charge in [-0.2, -0.15) is 0 Å². The van der Waals surface area contributed by atoms with Crippen molar-refractivity contribution in [2.45, 2.75) is 33.4 Å². The maximum absolute atomic E-state index is 6.03. The van der Waals surface area contributed by atoms with E-state index in [1.165, 1.54) is 11.1 Å². The van der Waals surface area contributed by atoms with Crippen LogP contribution in [0.4, 0.5) is 0 Å². The molecular weight excluding hydrogens is 366 g/mol. The Bertz CT molecular complexity index is 1000. The number of aryl methyl sites for hydroxylation is 2. The number of hydrogen-bond donors (Lipinski definition) is 0. The van der Waals surface area contributed by atoms with Crippen molar-refractivity contribution >= 4 is 32.8 Å². The van der Waals surface area contributed by atoms with Crippen LogP contribution < -0.4 is 4.74 Å². The van der Waals surface area contributed by atoms with Crippen molar-refractivity contribution in [1.82, 2.24) is 9.55 Å². The lowest BCUT2D eigenvalue weighted by molar-refractivity contribution is 0.114. The third kappa shape index (κ3) is 2.35. The Morgan fingerprint density at radius 2 is 1.92 bits per heavy atom. The van der Waals surface area contributed by atoms with Crippen molar-refractivity contribution in [1.29, 1.82) is 0 Å². The lowest BCUT2D eigenvalue weighted by atomic mass is 10.1. The number of rotatable bonds is 0. The average Bonchev–Trinajstić information content (AvgIpc) is 2.93. The standard InChI is InChI=1S/C19H18BrN3O/c1-11-5-8-15-17(12(11)2)21-10-23(15)18-14-7-6-13(20)9-16(14)24-19(3,4)22-18/h5-10H,1-4H3. The lowest BCUT2D eigenvalue weighted by Crippen LogP contribution is -2.34. The summed E-state index contributed by atoms with van der Waals surface area (Å²) in [5.41, 5.74) is 4.86. The van der Waals surface area contributed by atoms with Crippen LogP contribution in [0.25, 0.3) is 11.0 Å². The van der Waals surface area contributed by atoms with Gasteiger partial charge in [0.1, 0.15) is 17.9 Å². The first-order chi connectivity index (χ1) is 11.4. The smallest absolute Gasteiger partial charge is 0.196 e. The maximum atomic E-state index is 6.03. The number of hydrogen-bond acceptors (Lipinski definition) is 3. The SMILES string of the molecule is Cc1ccc2c(ncn2C2=NC(C)(C)Oc3cc(Br)ccc32)c1C. The number of halogens is 1. The van der Waals surface area contributed by atoms with E-state index in [2.05, 4.69) is 51.5 Å². The molecule has 0 spiro atoms. The first-order valence-electron chi connectivity index (χ1n) is 7.88. The van der Waals surface area contributed by atoms with Crippen molar-refractivity contribution in [3.05, 3.63) is 57.8 Å². The fourth-order valence-corrected chi connectivity index (χ4v) is 3.39. The summed E-state index contributed by atoms with van der Waals surface area (Å²) in [6.07, 6.45) is 1.85. The molecule has 5 heteroatoms. The van der Waals surface area contributed by atoms with E-state index in [-0.39, 0.29) is 0 Å². The van der Waals surface area contributed by atoms with Gasteiger partial charge in [-0.3, -0.25) is 4.57 Å². The first-order valence-corrected chi connectivity index (χ1v) is 8.67. The molecule has 1 aromatic heterocycles. The zero-order valence-corrected chi connectivity index (χ0v) is 15.7. The molecule has 4 rings (SSSR count). The molecule has 122 valence electrons. The molecule has 0 radical (unpaired) electrons. The summed E-state index contributed by atoms with van der Waals surface area (Å²) in [5, 5.41) is 0. The Hall–Kier alpha value is -2.14. The van der Waals surface area contributed by atoms with E-state index < -0.39 is 5.72 Å². The van der Waals surface area contributed by atoms with E-state index >= 15 is 0 Å². The Morgan fingerprint density at radius 3 is 2.71 bits per heavy atom. The third-order valence-electron chi connectivity index (χ3n) is 4.39. The van der Waals surface area contributed by atoms with Crippen LogP contribution in [0.1, 0.15) is 30.5 Å². The van der Waals surface area contributed by atoms with Gasteiger partial charge in [0.25, 0.3) is 0 Å². The Morgan fingerprint density at radius 1 is 1.12 bits per heavy atom. The number of nitrogens with zero attached hydrogens (tertiary/aromatic N) is 3. The van der Waals surface area contributed by atoms with Crippen LogP contribution in [-0.2, 0) is 0 Å². The van der Waals surface area contributed by atoms with Gasteiger partial charge >= 0.3 is 0 Å². The summed E-state index contributed by atoms with van der Waals surface area (Å²) < 4.78 is 9.07. The largest absolute Gasteiger partial charge is 0.466 e. The quantitative estimate of drug-likeness (QED) is 0.557. The number of aromatic nitrogens is 2. The van der Waals surface area contributed by atoms with Crippen molar-refractivity contribution < 1.29 is 4.74 Å². The molecule has 1 aliphatic heterocycles. The molecule has 0 amide bonds. The van der Waals surface area contributed by atoms with Gasteiger partial charge in [-0.15, -0.1) is 0 Å². The van der Waals surface area contributed by atoms with Crippen LogP contribution >= 0.6 is 15.9 Å². The highest BCUT2D eigenvalue weighted by Gasteiger charge is 2.29. The predicted molar refractivity (Wildman–Crippen MR) is 100.0 cm³/mol. The number of fused-ring (bicyclic) bond motifs is 2.